The van der Waals surface area contributed by atoms with Crippen LogP contribution in [-0.4, -0.2) is 104 Å². The van der Waals surface area contributed by atoms with E-state index in [1.54, 1.807) is 0 Å². The maximum Gasteiger partial charge on any atom is 0.187 e. The van der Waals surface area contributed by atoms with Crippen molar-refractivity contribution in [2.75, 3.05) is 6.61 Å². The van der Waals surface area contributed by atoms with Crippen LogP contribution in [0.15, 0.2) is 0 Å². The molecule has 0 bridgehead atoms. The van der Waals surface area contributed by atoms with E-state index in [-0.39, 0.29) is 0 Å². The van der Waals surface area contributed by atoms with Crippen LogP contribution in [0, 0.1) is 0 Å². The Morgan fingerprint density at radius 2 is 1.45 bits per heavy atom. The van der Waals surface area contributed by atoms with Crippen LogP contribution in [0.5, 0.6) is 0 Å². The zero-order chi connectivity index (χ0) is 16.6. The van der Waals surface area contributed by atoms with Crippen LogP contribution in [0.25, 0.3) is 0 Å². The highest BCUT2D eigenvalue weighted by Gasteiger charge is 2.49. The molecular formula is C12H22O10. The van der Waals surface area contributed by atoms with Gasteiger partial charge in [-0.25, -0.2) is 0 Å². The molecule has 2 heterocycles. The van der Waals surface area contributed by atoms with Crippen LogP contribution in [0.1, 0.15) is 6.92 Å². The maximum atomic E-state index is 9.93. The molecule has 7 N–H and O–H groups in total. The number of ether oxygens (including phenoxy) is 3. The van der Waals surface area contributed by atoms with Gasteiger partial charge in [0.2, 0.25) is 0 Å². The van der Waals surface area contributed by atoms with Crippen molar-refractivity contribution in [3.63, 3.8) is 0 Å². The second-order valence-corrected chi connectivity index (χ2v) is 5.51. The van der Waals surface area contributed by atoms with Crippen LogP contribution in [0.2, 0.25) is 0 Å². The molecule has 22 heavy (non-hydrogen) atoms. The first-order valence-electron chi connectivity index (χ1n) is 6.93. The number of hydrogen-bond acceptors (Lipinski definition) is 10. The average Bonchev–Trinajstić information content (AvgIpc) is 2.49. The fraction of sp³-hybridized carbons (Fsp3) is 1.00. The van der Waals surface area contributed by atoms with E-state index in [1.807, 2.05) is 0 Å². The molecular weight excluding hydrogens is 304 g/mol. The van der Waals surface area contributed by atoms with Gasteiger partial charge in [-0.2, -0.15) is 0 Å². The highest BCUT2D eigenvalue weighted by atomic mass is 16.7. The topological polar surface area (TPSA) is 169 Å². The van der Waals surface area contributed by atoms with E-state index in [2.05, 4.69) is 0 Å². The zero-order valence-electron chi connectivity index (χ0n) is 11.8. The van der Waals surface area contributed by atoms with Gasteiger partial charge >= 0.3 is 0 Å². The summed E-state index contributed by atoms with van der Waals surface area (Å²) in [6, 6.07) is 0. The zero-order valence-corrected chi connectivity index (χ0v) is 11.8. The van der Waals surface area contributed by atoms with Crippen LogP contribution in [-0.2, 0) is 14.2 Å². The Labute approximate surface area is 126 Å². The Morgan fingerprint density at radius 3 is 2.05 bits per heavy atom. The fourth-order valence-corrected chi connectivity index (χ4v) is 2.50. The molecule has 0 radical (unpaired) electrons. The molecule has 0 aliphatic carbocycles. The van der Waals surface area contributed by atoms with Crippen molar-refractivity contribution in [2.24, 2.45) is 0 Å². The Balaban J connectivity index is 2.06. The Hall–Kier alpha value is -0.400. The lowest BCUT2D eigenvalue weighted by Gasteiger charge is -2.44. The molecule has 10 heteroatoms. The second kappa shape index (κ2) is 7.01. The van der Waals surface area contributed by atoms with Gasteiger partial charge in [-0.05, 0) is 6.92 Å². The first-order chi connectivity index (χ1) is 10.3. The summed E-state index contributed by atoms with van der Waals surface area (Å²) in [4.78, 5) is 0. The van der Waals surface area contributed by atoms with E-state index in [9.17, 15) is 30.6 Å². The number of rotatable bonds is 3. The van der Waals surface area contributed by atoms with Gasteiger partial charge in [0.1, 0.15) is 42.7 Å². The normalized spacial score (nSPS) is 53.5. The van der Waals surface area contributed by atoms with Crippen LogP contribution < -0.4 is 0 Å². The molecule has 2 aliphatic heterocycles. The lowest BCUT2D eigenvalue weighted by atomic mass is 9.97. The van der Waals surface area contributed by atoms with Gasteiger partial charge in [-0.1, -0.05) is 0 Å². The lowest BCUT2D eigenvalue weighted by Crippen LogP contribution is -2.63. The molecule has 2 aliphatic rings. The minimum Gasteiger partial charge on any atom is -0.394 e. The lowest BCUT2D eigenvalue weighted by molar-refractivity contribution is -0.358. The van der Waals surface area contributed by atoms with Gasteiger partial charge in [-0.15, -0.1) is 0 Å². The average molecular weight is 326 g/mol. The molecule has 10 nitrogen and oxygen atoms in total. The largest absolute Gasteiger partial charge is 0.394 e. The molecule has 2 fully saturated rings. The van der Waals surface area contributed by atoms with Crippen LogP contribution in [0.3, 0.4) is 0 Å². The standard InChI is InChI=1S/C12H22O10/c1-3-5(14)7(16)9(18)12(20-3)22-10-8(17)6(15)4(2-13)21-11(10)19/h3-19H,2H2,1H3/t3-,4+,5-,6-,7+,8-,9+,10+,11+,12-/m0/s1. The van der Waals surface area contributed by atoms with Gasteiger partial charge in [0, 0.05) is 0 Å². The maximum absolute atomic E-state index is 9.93. The molecule has 130 valence electrons. The summed E-state index contributed by atoms with van der Waals surface area (Å²) < 4.78 is 15.3. The van der Waals surface area contributed by atoms with E-state index < -0.39 is 68.0 Å². The SMILES string of the molecule is C[C@@H]1O[C@@H](O[C@@H]2[C@@H](O)[C@@H](O)[C@@H](CO)O[C@H]2O)[C@H](O)[C@H](O)[C@H]1O. The van der Waals surface area contributed by atoms with Gasteiger partial charge in [0.15, 0.2) is 12.6 Å². The summed E-state index contributed by atoms with van der Waals surface area (Å²) >= 11 is 0. The molecule has 10 atom stereocenters. The van der Waals surface area contributed by atoms with Gasteiger partial charge in [-0.3, -0.25) is 0 Å². The predicted octanol–water partition coefficient (Wildman–Crippen LogP) is -4.37. The first kappa shape index (κ1) is 17.9. The van der Waals surface area contributed by atoms with E-state index in [0.717, 1.165) is 0 Å². The summed E-state index contributed by atoms with van der Waals surface area (Å²) in [5.41, 5.74) is 0. The third kappa shape index (κ3) is 3.26. The molecule has 0 amide bonds. The van der Waals surface area contributed by atoms with Crippen molar-refractivity contribution in [1.29, 1.82) is 0 Å². The summed E-state index contributed by atoms with van der Waals surface area (Å²) in [6.07, 6.45) is -14.3. The molecule has 0 spiro atoms. The van der Waals surface area contributed by atoms with Crippen molar-refractivity contribution in [1.82, 2.24) is 0 Å². The Kier molecular flexibility index (Phi) is 5.72. The Bertz CT molecular complexity index is 368. The monoisotopic (exact) mass is 326 g/mol. The van der Waals surface area contributed by atoms with Crippen molar-refractivity contribution < 1.29 is 50.0 Å². The van der Waals surface area contributed by atoms with Gasteiger partial charge < -0.3 is 50.0 Å². The van der Waals surface area contributed by atoms with E-state index >= 15 is 0 Å². The van der Waals surface area contributed by atoms with Gasteiger partial charge in [0.05, 0.1) is 12.7 Å². The minimum atomic E-state index is -1.69. The summed E-state index contributed by atoms with van der Waals surface area (Å²) in [7, 11) is 0. The molecule has 2 rings (SSSR count). The van der Waals surface area contributed by atoms with Crippen LogP contribution in [0.4, 0.5) is 0 Å². The molecule has 0 aromatic rings. The Morgan fingerprint density at radius 1 is 0.818 bits per heavy atom. The van der Waals surface area contributed by atoms with Crippen molar-refractivity contribution in [2.45, 2.75) is 68.3 Å². The fourth-order valence-electron chi connectivity index (χ4n) is 2.50. The number of hydrogen-bond donors (Lipinski definition) is 7. The van der Waals surface area contributed by atoms with Crippen molar-refractivity contribution in [3.8, 4) is 0 Å². The predicted molar refractivity (Wildman–Crippen MR) is 67.2 cm³/mol. The highest BCUT2D eigenvalue weighted by Crippen LogP contribution is 2.28. The molecule has 0 aromatic carbocycles. The van der Waals surface area contributed by atoms with Crippen molar-refractivity contribution in [3.05, 3.63) is 0 Å². The van der Waals surface area contributed by atoms with E-state index in [4.69, 9.17) is 19.3 Å². The molecule has 0 saturated carbocycles. The third-order valence-corrected chi connectivity index (χ3v) is 3.94. The van der Waals surface area contributed by atoms with Gasteiger partial charge in [0.25, 0.3) is 0 Å². The summed E-state index contributed by atoms with van der Waals surface area (Å²) in [5.74, 6) is 0. The molecule has 0 aromatic heterocycles. The summed E-state index contributed by atoms with van der Waals surface area (Å²) in [5, 5.41) is 67.5. The first-order valence-corrected chi connectivity index (χ1v) is 6.93. The smallest absolute Gasteiger partial charge is 0.187 e. The van der Waals surface area contributed by atoms with Crippen molar-refractivity contribution >= 4 is 0 Å². The number of aliphatic hydroxyl groups excluding tert-OH is 7. The molecule has 0 unspecified atom stereocenters. The third-order valence-electron chi connectivity index (χ3n) is 3.94. The molecule has 2 saturated heterocycles. The van der Waals surface area contributed by atoms with Crippen LogP contribution >= 0.6 is 0 Å². The van der Waals surface area contributed by atoms with E-state index in [1.165, 1.54) is 6.92 Å². The number of aliphatic hydroxyl groups is 7. The second-order valence-electron chi connectivity index (χ2n) is 5.51. The highest BCUT2D eigenvalue weighted by molar-refractivity contribution is 4.92. The quantitative estimate of drug-likeness (QED) is 0.269. The summed E-state index contributed by atoms with van der Waals surface area (Å²) in [6.45, 7) is 0.823. The van der Waals surface area contributed by atoms with E-state index in [0.29, 0.717) is 0 Å². The minimum absolute atomic E-state index is 0.619.